The number of aryl methyl sites for hydroxylation is 2. The molecule has 1 N–H and O–H groups in total. The molecule has 1 atom stereocenters. The molecule has 0 spiro atoms. The zero-order chi connectivity index (χ0) is 21.3. The van der Waals surface area contributed by atoms with Crippen molar-refractivity contribution in [1.82, 2.24) is 19.9 Å². The molecule has 0 radical (unpaired) electrons. The van der Waals surface area contributed by atoms with E-state index < -0.39 is 0 Å². The molecule has 0 bridgehead atoms. The molecule has 0 unspecified atom stereocenters. The molecular weight excluding hydrogens is 374 g/mol. The van der Waals surface area contributed by atoms with Gasteiger partial charge in [-0.05, 0) is 44.2 Å². The van der Waals surface area contributed by atoms with Gasteiger partial charge in [-0.2, -0.15) is 5.10 Å². The predicted molar refractivity (Wildman–Crippen MR) is 121 cm³/mol. The average Bonchev–Trinajstić information content (AvgIpc) is 3.16. The third-order valence-corrected chi connectivity index (χ3v) is 5.80. The third-order valence-electron chi connectivity index (χ3n) is 5.80. The lowest BCUT2D eigenvalue weighted by Gasteiger charge is -2.33. The van der Waals surface area contributed by atoms with E-state index in [1.807, 2.05) is 10.7 Å². The summed E-state index contributed by atoms with van der Waals surface area (Å²) >= 11 is 0. The van der Waals surface area contributed by atoms with Gasteiger partial charge < -0.3 is 10.2 Å². The van der Waals surface area contributed by atoms with Gasteiger partial charge in [0.25, 0.3) is 0 Å². The van der Waals surface area contributed by atoms with Crippen LogP contribution in [-0.2, 0) is 4.79 Å². The third kappa shape index (κ3) is 4.18. The molecule has 3 heterocycles. The van der Waals surface area contributed by atoms with E-state index in [2.05, 4.69) is 67.2 Å². The van der Waals surface area contributed by atoms with Crippen molar-refractivity contribution in [2.75, 3.05) is 24.5 Å². The molecule has 3 aromatic rings. The standard InChI is InChI=1S/C24H31N5O/c1-16(2)14-26-24(30)19-6-5-10-28(15-19)23-22-13-21(27-29(22)11-9-25-23)20-8-7-17(3)12-18(20)4/h7-9,11-13,16,19H,5-6,10,14-15H2,1-4H3,(H,26,30)/t19-/m0/s1. The summed E-state index contributed by atoms with van der Waals surface area (Å²) in [5, 5.41) is 7.90. The number of nitrogens with one attached hydrogen (secondary N) is 1. The maximum absolute atomic E-state index is 12.6. The molecule has 158 valence electrons. The van der Waals surface area contributed by atoms with Gasteiger partial charge in [0.15, 0.2) is 5.82 Å². The molecule has 0 saturated carbocycles. The van der Waals surface area contributed by atoms with E-state index in [0.717, 1.165) is 48.5 Å². The summed E-state index contributed by atoms with van der Waals surface area (Å²) in [6.45, 7) is 10.8. The fraction of sp³-hybridized carbons (Fsp3) is 0.458. The zero-order valence-corrected chi connectivity index (χ0v) is 18.4. The van der Waals surface area contributed by atoms with Gasteiger partial charge >= 0.3 is 0 Å². The van der Waals surface area contributed by atoms with Crippen LogP contribution in [0.3, 0.4) is 0 Å². The summed E-state index contributed by atoms with van der Waals surface area (Å²) < 4.78 is 1.90. The Balaban J connectivity index is 1.61. The Hall–Kier alpha value is -2.89. The number of hydrogen-bond donors (Lipinski definition) is 1. The fourth-order valence-corrected chi connectivity index (χ4v) is 4.22. The first-order valence-corrected chi connectivity index (χ1v) is 10.9. The number of aromatic nitrogens is 3. The molecule has 4 rings (SSSR count). The zero-order valence-electron chi connectivity index (χ0n) is 18.4. The lowest BCUT2D eigenvalue weighted by atomic mass is 9.97. The number of benzene rings is 1. The van der Waals surface area contributed by atoms with Crippen molar-refractivity contribution in [2.24, 2.45) is 11.8 Å². The first-order valence-electron chi connectivity index (χ1n) is 10.9. The number of fused-ring (bicyclic) bond motifs is 1. The fourth-order valence-electron chi connectivity index (χ4n) is 4.22. The Labute approximate surface area is 178 Å². The predicted octanol–water partition coefficient (Wildman–Crippen LogP) is 4.00. The molecule has 1 amide bonds. The van der Waals surface area contributed by atoms with Crippen molar-refractivity contribution < 1.29 is 4.79 Å². The number of hydrogen-bond acceptors (Lipinski definition) is 4. The number of amides is 1. The Morgan fingerprint density at radius 1 is 1.27 bits per heavy atom. The first kappa shape index (κ1) is 20.4. The molecule has 0 aliphatic carbocycles. The topological polar surface area (TPSA) is 62.5 Å². The summed E-state index contributed by atoms with van der Waals surface area (Å²) in [5.74, 6) is 1.52. The summed E-state index contributed by atoms with van der Waals surface area (Å²) in [4.78, 5) is 19.5. The van der Waals surface area contributed by atoms with Crippen LogP contribution in [0.4, 0.5) is 5.82 Å². The van der Waals surface area contributed by atoms with E-state index in [-0.39, 0.29) is 11.8 Å². The van der Waals surface area contributed by atoms with Crippen molar-refractivity contribution in [3.05, 3.63) is 47.8 Å². The van der Waals surface area contributed by atoms with Crippen LogP contribution in [0.1, 0.15) is 37.8 Å². The highest BCUT2D eigenvalue weighted by Gasteiger charge is 2.27. The number of carbonyl (C=O) groups is 1. The van der Waals surface area contributed by atoms with Crippen molar-refractivity contribution in [1.29, 1.82) is 0 Å². The number of nitrogens with zero attached hydrogens (tertiary/aromatic N) is 4. The minimum absolute atomic E-state index is 0.00120. The molecule has 1 aliphatic heterocycles. The van der Waals surface area contributed by atoms with Crippen LogP contribution in [0.2, 0.25) is 0 Å². The van der Waals surface area contributed by atoms with Crippen molar-refractivity contribution in [3.63, 3.8) is 0 Å². The minimum atomic E-state index is 0.00120. The summed E-state index contributed by atoms with van der Waals surface area (Å²) in [6.07, 6.45) is 5.60. The van der Waals surface area contributed by atoms with Crippen LogP contribution in [0.15, 0.2) is 36.7 Å². The van der Waals surface area contributed by atoms with Gasteiger partial charge in [-0.25, -0.2) is 9.50 Å². The van der Waals surface area contributed by atoms with E-state index in [0.29, 0.717) is 12.5 Å². The Kier molecular flexibility index (Phi) is 5.75. The van der Waals surface area contributed by atoms with Crippen LogP contribution in [0.5, 0.6) is 0 Å². The quantitative estimate of drug-likeness (QED) is 0.697. The van der Waals surface area contributed by atoms with Gasteiger partial charge in [0, 0.05) is 37.6 Å². The number of anilines is 1. The SMILES string of the molecule is Cc1ccc(-c2cc3c(N4CCC[C@H](C(=O)NCC(C)C)C4)nccn3n2)c(C)c1. The molecule has 1 aliphatic rings. The molecule has 2 aromatic heterocycles. The maximum atomic E-state index is 12.6. The number of piperidine rings is 1. The second kappa shape index (κ2) is 8.46. The van der Waals surface area contributed by atoms with Crippen molar-refractivity contribution >= 4 is 17.2 Å². The van der Waals surface area contributed by atoms with E-state index in [1.54, 1.807) is 6.20 Å². The van der Waals surface area contributed by atoms with Crippen molar-refractivity contribution in [2.45, 2.75) is 40.5 Å². The van der Waals surface area contributed by atoms with Gasteiger partial charge in [0.05, 0.1) is 11.6 Å². The molecule has 1 fully saturated rings. The van der Waals surface area contributed by atoms with Crippen molar-refractivity contribution in [3.8, 4) is 11.3 Å². The highest BCUT2D eigenvalue weighted by atomic mass is 16.1. The van der Waals surface area contributed by atoms with Crippen LogP contribution < -0.4 is 10.2 Å². The molecule has 6 heteroatoms. The van der Waals surface area contributed by atoms with Crippen LogP contribution in [0, 0.1) is 25.7 Å². The van der Waals surface area contributed by atoms with Gasteiger partial charge in [0.2, 0.25) is 5.91 Å². The van der Waals surface area contributed by atoms with Gasteiger partial charge in [-0.3, -0.25) is 4.79 Å². The number of rotatable bonds is 5. The van der Waals surface area contributed by atoms with E-state index in [1.165, 1.54) is 11.1 Å². The number of carbonyl (C=O) groups excluding carboxylic acids is 1. The molecular formula is C24H31N5O. The highest BCUT2D eigenvalue weighted by Crippen LogP contribution is 2.29. The lowest BCUT2D eigenvalue weighted by Crippen LogP contribution is -2.44. The molecule has 30 heavy (non-hydrogen) atoms. The summed E-state index contributed by atoms with van der Waals surface area (Å²) in [6, 6.07) is 8.55. The van der Waals surface area contributed by atoms with Crippen LogP contribution >= 0.6 is 0 Å². The van der Waals surface area contributed by atoms with E-state index in [4.69, 9.17) is 5.10 Å². The molecule has 1 saturated heterocycles. The Bertz CT molecular complexity index is 1050. The normalized spacial score (nSPS) is 17.0. The second-order valence-corrected chi connectivity index (χ2v) is 8.85. The molecule has 1 aromatic carbocycles. The monoisotopic (exact) mass is 405 g/mol. The molecule has 6 nitrogen and oxygen atoms in total. The lowest BCUT2D eigenvalue weighted by molar-refractivity contribution is -0.125. The summed E-state index contributed by atoms with van der Waals surface area (Å²) in [7, 11) is 0. The largest absolute Gasteiger partial charge is 0.356 e. The minimum Gasteiger partial charge on any atom is -0.356 e. The summed E-state index contributed by atoms with van der Waals surface area (Å²) in [5.41, 5.74) is 5.53. The Morgan fingerprint density at radius 2 is 2.10 bits per heavy atom. The van der Waals surface area contributed by atoms with Gasteiger partial charge in [0.1, 0.15) is 5.52 Å². The highest BCUT2D eigenvalue weighted by molar-refractivity contribution is 5.81. The smallest absolute Gasteiger partial charge is 0.224 e. The second-order valence-electron chi connectivity index (χ2n) is 8.85. The van der Waals surface area contributed by atoms with Gasteiger partial charge in [-0.1, -0.05) is 37.6 Å². The van der Waals surface area contributed by atoms with Crippen LogP contribution in [-0.4, -0.2) is 40.1 Å². The van der Waals surface area contributed by atoms with Crippen LogP contribution in [0.25, 0.3) is 16.8 Å². The van der Waals surface area contributed by atoms with E-state index >= 15 is 0 Å². The maximum Gasteiger partial charge on any atom is 0.224 e. The Morgan fingerprint density at radius 3 is 2.87 bits per heavy atom. The van der Waals surface area contributed by atoms with Gasteiger partial charge in [-0.15, -0.1) is 0 Å². The first-order chi connectivity index (χ1) is 14.4. The van der Waals surface area contributed by atoms with E-state index in [9.17, 15) is 4.79 Å². The average molecular weight is 406 g/mol.